The summed E-state index contributed by atoms with van der Waals surface area (Å²) in [4.78, 5) is 8.05. The maximum atomic E-state index is 9.17. The first kappa shape index (κ1) is 14.5. The molecule has 0 saturated carbocycles. The van der Waals surface area contributed by atoms with Gasteiger partial charge in [-0.1, -0.05) is 23.4 Å². The molecule has 0 aliphatic rings. The zero-order valence-corrected chi connectivity index (χ0v) is 10.8. The summed E-state index contributed by atoms with van der Waals surface area (Å²) < 4.78 is 0. The van der Waals surface area contributed by atoms with Crippen molar-refractivity contribution in [3.63, 3.8) is 0 Å². The van der Waals surface area contributed by atoms with Crippen molar-refractivity contribution in [1.29, 1.82) is 0 Å². The van der Waals surface area contributed by atoms with Crippen molar-refractivity contribution in [2.45, 2.75) is 10.7 Å². The molecule has 0 aromatic carbocycles. The van der Waals surface area contributed by atoms with Gasteiger partial charge in [-0.2, -0.15) is 0 Å². The molecule has 4 N–H and O–H groups in total. The highest BCUT2D eigenvalue weighted by Crippen LogP contribution is 2.20. The maximum Gasteiger partial charge on any atom is 0.190 e. The van der Waals surface area contributed by atoms with E-state index >= 15 is 0 Å². The van der Waals surface area contributed by atoms with E-state index in [2.05, 4.69) is 15.3 Å². The van der Waals surface area contributed by atoms with Crippen LogP contribution in [0.3, 0.4) is 0 Å². The molecule has 0 radical (unpaired) electrons. The van der Waals surface area contributed by atoms with Crippen molar-refractivity contribution in [3.05, 3.63) is 11.2 Å². The average Bonchev–Trinajstić information content (AvgIpc) is 2.35. The van der Waals surface area contributed by atoms with Gasteiger partial charge in [0.15, 0.2) is 5.16 Å². The van der Waals surface area contributed by atoms with E-state index in [-0.39, 0.29) is 5.15 Å². The quantitative estimate of drug-likeness (QED) is 0.330. The van der Waals surface area contributed by atoms with Crippen molar-refractivity contribution in [3.8, 4) is 0 Å². The second kappa shape index (κ2) is 6.36. The third-order valence-electron chi connectivity index (χ3n) is 2.16. The molecule has 96 valence electrons. The Bertz CT molecular complexity index is 368. The Morgan fingerprint density at radius 3 is 2.35 bits per heavy atom. The molecule has 17 heavy (non-hydrogen) atoms. The molecular weight excluding hydrogens is 266 g/mol. The summed E-state index contributed by atoms with van der Waals surface area (Å²) in [7, 11) is 0. The zero-order valence-electron chi connectivity index (χ0n) is 9.22. The monoisotopic (exact) mass is 279 g/mol. The van der Waals surface area contributed by atoms with Crippen molar-refractivity contribution in [1.82, 2.24) is 9.97 Å². The average molecular weight is 280 g/mol. The first-order valence-electron chi connectivity index (χ1n) is 4.78. The Morgan fingerprint density at radius 2 is 1.88 bits per heavy atom. The van der Waals surface area contributed by atoms with Gasteiger partial charge >= 0.3 is 0 Å². The molecule has 1 aromatic rings. The minimum absolute atomic E-state index is 0.245. The molecule has 0 aliphatic heterocycles. The number of aromatic nitrogens is 2. The van der Waals surface area contributed by atoms with Gasteiger partial charge in [0.25, 0.3) is 0 Å². The lowest BCUT2D eigenvalue weighted by molar-refractivity contribution is 0.0830. The summed E-state index contributed by atoms with van der Waals surface area (Å²) in [6.45, 7) is -1.30. The number of anilines is 1. The Morgan fingerprint density at radius 1 is 1.29 bits per heavy atom. The molecule has 8 heteroatoms. The maximum absolute atomic E-state index is 9.17. The van der Waals surface area contributed by atoms with Crippen molar-refractivity contribution in [2.75, 3.05) is 31.4 Å². The number of nitrogens with one attached hydrogen (secondary N) is 1. The third-order valence-corrected chi connectivity index (χ3v) is 2.90. The molecule has 0 bridgehead atoms. The lowest BCUT2D eigenvalue weighted by atomic mass is 10.0. The van der Waals surface area contributed by atoms with Crippen LogP contribution in [0.1, 0.15) is 0 Å². The standard InChI is InChI=1S/C9H14ClN3O3S/c1-17-8-11-6(10)2-7(12-8)13-9(3-14,4-15)5-16/h2,14-16H,3-5H2,1H3,(H,11,12,13). The van der Waals surface area contributed by atoms with Gasteiger partial charge in [-0.3, -0.25) is 0 Å². The summed E-state index contributed by atoms with van der Waals surface area (Å²) in [6, 6.07) is 1.46. The van der Waals surface area contributed by atoms with Crippen LogP contribution < -0.4 is 5.32 Å². The molecule has 1 rings (SSSR count). The van der Waals surface area contributed by atoms with E-state index in [4.69, 9.17) is 26.9 Å². The number of nitrogens with zero attached hydrogens (tertiary/aromatic N) is 2. The van der Waals surface area contributed by atoms with E-state index in [1.807, 2.05) is 0 Å². The first-order chi connectivity index (χ1) is 8.09. The van der Waals surface area contributed by atoms with Crippen LogP contribution in [-0.2, 0) is 0 Å². The minimum Gasteiger partial charge on any atom is -0.394 e. The van der Waals surface area contributed by atoms with Crippen LogP contribution in [-0.4, -0.2) is 56.9 Å². The summed E-state index contributed by atoms with van der Waals surface area (Å²) in [5.41, 5.74) is -1.23. The Labute approximate surface area is 108 Å². The molecule has 0 saturated heterocycles. The highest BCUT2D eigenvalue weighted by molar-refractivity contribution is 7.98. The van der Waals surface area contributed by atoms with Gasteiger partial charge in [0.1, 0.15) is 16.5 Å². The summed E-state index contributed by atoms with van der Waals surface area (Å²) in [5, 5.41) is 31.0. The SMILES string of the molecule is CSc1nc(Cl)cc(NC(CO)(CO)CO)n1. The largest absolute Gasteiger partial charge is 0.394 e. The van der Waals surface area contributed by atoms with Gasteiger partial charge in [0.05, 0.1) is 19.8 Å². The van der Waals surface area contributed by atoms with Crippen LogP contribution in [0, 0.1) is 0 Å². The molecule has 0 fully saturated rings. The van der Waals surface area contributed by atoms with Crippen LogP contribution in [0.15, 0.2) is 11.2 Å². The van der Waals surface area contributed by atoms with E-state index in [1.54, 1.807) is 6.26 Å². The van der Waals surface area contributed by atoms with Crippen LogP contribution >= 0.6 is 23.4 Å². The number of aliphatic hydroxyl groups excluding tert-OH is 3. The number of hydrogen-bond acceptors (Lipinski definition) is 7. The number of rotatable bonds is 6. The minimum atomic E-state index is -1.23. The van der Waals surface area contributed by atoms with E-state index < -0.39 is 25.4 Å². The van der Waals surface area contributed by atoms with E-state index in [9.17, 15) is 0 Å². The van der Waals surface area contributed by atoms with Gasteiger partial charge in [-0.15, -0.1) is 0 Å². The summed E-state index contributed by atoms with van der Waals surface area (Å²) in [6.07, 6.45) is 1.80. The predicted molar refractivity (Wildman–Crippen MR) is 66.4 cm³/mol. The number of aliphatic hydroxyl groups is 3. The first-order valence-corrected chi connectivity index (χ1v) is 6.39. The van der Waals surface area contributed by atoms with Crippen LogP contribution in [0.4, 0.5) is 5.82 Å². The van der Waals surface area contributed by atoms with E-state index in [1.165, 1.54) is 17.8 Å². The number of thioether (sulfide) groups is 1. The Hall–Kier alpha value is -0.600. The molecular formula is C9H14ClN3O3S. The fourth-order valence-electron chi connectivity index (χ4n) is 1.09. The van der Waals surface area contributed by atoms with Crippen LogP contribution in [0.5, 0.6) is 0 Å². The number of hydrogen-bond donors (Lipinski definition) is 4. The Balaban J connectivity index is 2.96. The highest BCUT2D eigenvalue weighted by Gasteiger charge is 2.28. The molecule has 0 atom stereocenters. The van der Waals surface area contributed by atoms with Crippen LogP contribution in [0.25, 0.3) is 0 Å². The predicted octanol–water partition coefficient (Wildman–Crippen LogP) is -0.0205. The fraction of sp³-hybridized carbons (Fsp3) is 0.556. The van der Waals surface area contributed by atoms with E-state index in [0.717, 1.165) is 0 Å². The molecule has 1 aromatic heterocycles. The van der Waals surface area contributed by atoms with Crippen molar-refractivity contribution < 1.29 is 15.3 Å². The zero-order chi connectivity index (χ0) is 12.9. The van der Waals surface area contributed by atoms with Gasteiger partial charge < -0.3 is 20.6 Å². The van der Waals surface area contributed by atoms with Gasteiger partial charge in [0, 0.05) is 6.07 Å². The summed E-state index contributed by atoms with van der Waals surface area (Å²) >= 11 is 7.11. The fourth-order valence-corrected chi connectivity index (χ4v) is 1.71. The molecule has 6 nitrogen and oxygen atoms in total. The lowest BCUT2D eigenvalue weighted by Crippen LogP contribution is -2.49. The van der Waals surface area contributed by atoms with Gasteiger partial charge in [0.2, 0.25) is 0 Å². The summed E-state index contributed by atoms with van der Waals surface area (Å²) in [5.74, 6) is 0.339. The number of halogens is 1. The molecule has 1 heterocycles. The molecule has 0 amide bonds. The topological polar surface area (TPSA) is 98.5 Å². The molecule has 0 aliphatic carbocycles. The molecule has 0 spiro atoms. The Kier molecular flexibility index (Phi) is 5.41. The van der Waals surface area contributed by atoms with Gasteiger partial charge in [-0.25, -0.2) is 9.97 Å². The smallest absolute Gasteiger partial charge is 0.190 e. The van der Waals surface area contributed by atoms with Gasteiger partial charge in [-0.05, 0) is 6.26 Å². The van der Waals surface area contributed by atoms with E-state index in [0.29, 0.717) is 11.0 Å². The second-order valence-electron chi connectivity index (χ2n) is 3.44. The lowest BCUT2D eigenvalue weighted by Gasteiger charge is -2.29. The van der Waals surface area contributed by atoms with Crippen molar-refractivity contribution >= 4 is 29.2 Å². The van der Waals surface area contributed by atoms with Crippen molar-refractivity contribution in [2.24, 2.45) is 0 Å². The normalized spacial score (nSPS) is 11.6. The molecule has 0 unspecified atom stereocenters. The third kappa shape index (κ3) is 3.68. The van der Waals surface area contributed by atoms with Crippen LogP contribution in [0.2, 0.25) is 5.15 Å². The highest BCUT2D eigenvalue weighted by atomic mass is 35.5. The second-order valence-corrected chi connectivity index (χ2v) is 4.60.